The number of nitrogens with zero attached hydrogens (tertiary/aromatic N) is 5. The standard InChI is InChI=1S/C27H33N5O3/c1-27(2)23-10-11-31-17-30(18-32(31)25(23)22-9-8-21(33)16-24(22)35-27)20-6-4-19(5-7-20)26(34)29-14-12-28(3)13-15-29/h4-10,16,25,33H,11-15,17-18H2,1-3H3. The molecule has 8 nitrogen and oxygen atoms in total. The van der Waals surface area contributed by atoms with Gasteiger partial charge in [0.25, 0.3) is 5.91 Å². The van der Waals surface area contributed by atoms with E-state index in [2.05, 4.69) is 58.9 Å². The fourth-order valence-electron chi connectivity index (χ4n) is 5.72. The summed E-state index contributed by atoms with van der Waals surface area (Å²) in [6.07, 6.45) is 2.29. The molecule has 4 aliphatic heterocycles. The lowest BCUT2D eigenvalue weighted by atomic mass is 9.82. The van der Waals surface area contributed by atoms with E-state index >= 15 is 0 Å². The Kier molecular flexibility index (Phi) is 5.28. The molecule has 6 rings (SSSR count). The summed E-state index contributed by atoms with van der Waals surface area (Å²) in [5, 5.41) is 14.8. The molecule has 0 bridgehead atoms. The number of hydrogen-bond donors (Lipinski definition) is 1. The Hall–Kier alpha value is -3.07. The van der Waals surface area contributed by atoms with Gasteiger partial charge in [-0.1, -0.05) is 6.08 Å². The first-order chi connectivity index (χ1) is 16.8. The number of carbonyl (C=O) groups is 1. The number of likely N-dealkylation sites (N-methyl/N-ethyl adjacent to an activating group) is 1. The van der Waals surface area contributed by atoms with Gasteiger partial charge in [0, 0.05) is 55.6 Å². The first kappa shape index (κ1) is 22.4. The van der Waals surface area contributed by atoms with E-state index in [9.17, 15) is 9.90 Å². The molecule has 0 aliphatic carbocycles. The maximum absolute atomic E-state index is 12.9. The van der Waals surface area contributed by atoms with Gasteiger partial charge in [-0.3, -0.25) is 4.79 Å². The molecule has 2 aromatic carbocycles. The van der Waals surface area contributed by atoms with Gasteiger partial charge in [0.05, 0.1) is 19.4 Å². The van der Waals surface area contributed by atoms with Crippen molar-refractivity contribution in [1.82, 2.24) is 19.8 Å². The maximum Gasteiger partial charge on any atom is 0.253 e. The molecule has 1 atom stereocenters. The highest BCUT2D eigenvalue weighted by atomic mass is 16.5. The smallest absolute Gasteiger partial charge is 0.253 e. The number of hydrazine groups is 1. The Morgan fingerprint density at radius 2 is 1.77 bits per heavy atom. The first-order valence-electron chi connectivity index (χ1n) is 12.4. The molecule has 1 N–H and O–H groups in total. The lowest BCUT2D eigenvalue weighted by Crippen LogP contribution is -2.51. The van der Waals surface area contributed by atoms with Crippen molar-refractivity contribution in [2.24, 2.45) is 0 Å². The van der Waals surface area contributed by atoms with Crippen molar-refractivity contribution in [1.29, 1.82) is 0 Å². The number of phenolic OH excluding ortho intramolecular Hbond substituents is 1. The summed E-state index contributed by atoms with van der Waals surface area (Å²) in [6, 6.07) is 13.5. The molecule has 0 spiro atoms. The van der Waals surface area contributed by atoms with Crippen molar-refractivity contribution < 1.29 is 14.6 Å². The van der Waals surface area contributed by atoms with E-state index < -0.39 is 5.60 Å². The number of rotatable bonds is 2. The summed E-state index contributed by atoms with van der Waals surface area (Å²) in [6.45, 7) is 9.94. The van der Waals surface area contributed by atoms with Crippen LogP contribution in [0.4, 0.5) is 5.69 Å². The predicted molar refractivity (Wildman–Crippen MR) is 134 cm³/mol. The van der Waals surface area contributed by atoms with E-state index in [0.717, 1.165) is 68.6 Å². The highest BCUT2D eigenvalue weighted by molar-refractivity contribution is 5.94. The van der Waals surface area contributed by atoms with Crippen molar-refractivity contribution in [3.63, 3.8) is 0 Å². The minimum atomic E-state index is -0.448. The molecule has 4 heterocycles. The lowest BCUT2D eigenvalue weighted by Gasteiger charge is -2.47. The molecule has 1 unspecified atom stereocenters. The van der Waals surface area contributed by atoms with E-state index in [-0.39, 0.29) is 17.7 Å². The van der Waals surface area contributed by atoms with Crippen LogP contribution in [-0.2, 0) is 0 Å². The van der Waals surface area contributed by atoms with E-state index in [1.807, 2.05) is 23.1 Å². The highest BCUT2D eigenvalue weighted by Crippen LogP contribution is 2.50. The van der Waals surface area contributed by atoms with Crippen molar-refractivity contribution in [3.8, 4) is 11.5 Å². The second-order valence-corrected chi connectivity index (χ2v) is 10.5. The number of ether oxygens (including phenoxy) is 1. The Labute approximate surface area is 206 Å². The molecular weight excluding hydrogens is 442 g/mol. The Morgan fingerprint density at radius 3 is 2.51 bits per heavy atom. The number of fused-ring (bicyclic) bond motifs is 5. The molecule has 4 aliphatic rings. The Morgan fingerprint density at radius 1 is 1.03 bits per heavy atom. The van der Waals surface area contributed by atoms with E-state index in [4.69, 9.17) is 4.74 Å². The van der Waals surface area contributed by atoms with Gasteiger partial charge in [-0.15, -0.1) is 0 Å². The number of anilines is 1. The molecule has 0 radical (unpaired) electrons. The largest absolute Gasteiger partial charge is 0.508 e. The minimum absolute atomic E-state index is 0.0613. The van der Waals surface area contributed by atoms with Gasteiger partial charge in [0.15, 0.2) is 0 Å². The van der Waals surface area contributed by atoms with Crippen LogP contribution in [0, 0.1) is 0 Å². The number of benzene rings is 2. The maximum atomic E-state index is 12.9. The SMILES string of the molecule is CN1CCN(C(=O)c2ccc(N3CN4CC=C5C(c6ccc(O)cc6OC5(C)C)N4C3)cc2)CC1. The zero-order chi connectivity index (χ0) is 24.3. The molecule has 1 amide bonds. The fraction of sp³-hybridized carbons (Fsp3) is 0.444. The van der Waals surface area contributed by atoms with Crippen LogP contribution in [0.1, 0.15) is 35.8 Å². The van der Waals surface area contributed by atoms with Crippen LogP contribution in [0.3, 0.4) is 0 Å². The molecule has 184 valence electrons. The summed E-state index contributed by atoms with van der Waals surface area (Å²) in [5.74, 6) is 1.07. The topological polar surface area (TPSA) is 62.7 Å². The number of phenols is 1. The van der Waals surface area contributed by atoms with Crippen molar-refractivity contribution in [3.05, 3.63) is 65.2 Å². The van der Waals surface area contributed by atoms with Gasteiger partial charge < -0.3 is 24.5 Å². The second-order valence-electron chi connectivity index (χ2n) is 10.5. The Balaban J connectivity index is 1.22. The van der Waals surface area contributed by atoms with Crippen LogP contribution in [0.25, 0.3) is 0 Å². The van der Waals surface area contributed by atoms with Gasteiger partial charge in [-0.2, -0.15) is 0 Å². The third-order valence-corrected chi connectivity index (χ3v) is 7.75. The summed E-state index contributed by atoms with van der Waals surface area (Å²) in [5.41, 5.74) is 3.73. The molecule has 2 fully saturated rings. The van der Waals surface area contributed by atoms with E-state index in [0.29, 0.717) is 0 Å². The number of aromatic hydroxyl groups is 1. The third kappa shape index (κ3) is 3.86. The average Bonchev–Trinajstić information content (AvgIpc) is 3.28. The summed E-state index contributed by atoms with van der Waals surface area (Å²) in [7, 11) is 2.10. The summed E-state index contributed by atoms with van der Waals surface area (Å²) >= 11 is 0. The van der Waals surface area contributed by atoms with Crippen molar-refractivity contribution in [2.45, 2.75) is 25.5 Å². The van der Waals surface area contributed by atoms with Gasteiger partial charge in [-0.25, -0.2) is 10.0 Å². The average molecular weight is 476 g/mol. The normalized spacial score (nSPS) is 24.3. The van der Waals surface area contributed by atoms with Gasteiger partial charge in [0.2, 0.25) is 0 Å². The first-order valence-corrected chi connectivity index (χ1v) is 12.4. The highest BCUT2D eigenvalue weighted by Gasteiger charge is 2.47. The zero-order valence-corrected chi connectivity index (χ0v) is 20.6. The van der Waals surface area contributed by atoms with Crippen LogP contribution < -0.4 is 9.64 Å². The predicted octanol–water partition coefficient (Wildman–Crippen LogP) is 2.89. The number of piperazine rings is 1. The molecule has 0 saturated carbocycles. The molecule has 35 heavy (non-hydrogen) atoms. The molecule has 2 saturated heterocycles. The Bertz CT molecular complexity index is 1170. The van der Waals surface area contributed by atoms with Crippen LogP contribution >= 0.6 is 0 Å². The van der Waals surface area contributed by atoms with E-state index in [1.54, 1.807) is 12.1 Å². The van der Waals surface area contributed by atoms with Crippen molar-refractivity contribution in [2.75, 3.05) is 58.0 Å². The van der Waals surface area contributed by atoms with Crippen molar-refractivity contribution >= 4 is 11.6 Å². The molecular formula is C27H33N5O3. The monoisotopic (exact) mass is 475 g/mol. The van der Waals surface area contributed by atoms with Gasteiger partial charge in [0.1, 0.15) is 17.1 Å². The second kappa shape index (κ2) is 8.26. The number of amides is 1. The molecule has 2 aromatic rings. The minimum Gasteiger partial charge on any atom is -0.508 e. The molecule has 0 aromatic heterocycles. The van der Waals surface area contributed by atoms with Gasteiger partial charge >= 0.3 is 0 Å². The van der Waals surface area contributed by atoms with Crippen LogP contribution in [0.2, 0.25) is 0 Å². The lowest BCUT2D eigenvalue weighted by molar-refractivity contribution is -0.0297. The van der Waals surface area contributed by atoms with Crippen LogP contribution in [0.5, 0.6) is 11.5 Å². The number of hydrogen-bond acceptors (Lipinski definition) is 7. The quantitative estimate of drug-likeness (QED) is 0.670. The zero-order valence-electron chi connectivity index (χ0n) is 20.6. The fourth-order valence-corrected chi connectivity index (χ4v) is 5.72. The van der Waals surface area contributed by atoms with Crippen LogP contribution in [0.15, 0.2) is 54.1 Å². The van der Waals surface area contributed by atoms with Gasteiger partial charge in [-0.05, 0) is 62.9 Å². The summed E-state index contributed by atoms with van der Waals surface area (Å²) in [4.78, 5) is 19.5. The molecule has 8 heteroatoms. The summed E-state index contributed by atoms with van der Waals surface area (Å²) < 4.78 is 6.30. The number of carbonyl (C=O) groups excluding carboxylic acids is 1. The van der Waals surface area contributed by atoms with E-state index in [1.165, 1.54) is 5.57 Å². The van der Waals surface area contributed by atoms with Crippen LogP contribution in [-0.4, -0.2) is 89.5 Å². The third-order valence-electron chi connectivity index (χ3n) is 7.75.